The third-order valence-electron chi connectivity index (χ3n) is 3.24. The highest BCUT2D eigenvalue weighted by atomic mass is 35.5. The molecule has 2 aromatic carbocycles. The molecule has 0 bridgehead atoms. The summed E-state index contributed by atoms with van der Waals surface area (Å²) in [4.78, 5) is 17.4. The molecular weight excluding hydrogens is 365 g/mol. The minimum atomic E-state index is -0.536. The van der Waals surface area contributed by atoms with Crippen molar-refractivity contribution in [2.45, 2.75) is 17.6 Å². The van der Waals surface area contributed by atoms with E-state index in [-0.39, 0.29) is 10.9 Å². The molecule has 3 rings (SSSR count). The summed E-state index contributed by atoms with van der Waals surface area (Å²) >= 11 is 7.17. The summed E-state index contributed by atoms with van der Waals surface area (Å²) < 4.78 is 18.2. The molecule has 0 saturated heterocycles. The van der Waals surface area contributed by atoms with Crippen molar-refractivity contribution in [3.8, 4) is 0 Å². The monoisotopic (exact) mass is 377 g/mol. The Labute approximate surface area is 152 Å². The topological polar surface area (TPSA) is 68.0 Å². The van der Waals surface area contributed by atoms with Crippen molar-refractivity contribution in [1.82, 2.24) is 10.1 Å². The lowest BCUT2D eigenvalue weighted by Gasteiger charge is -2.09. The van der Waals surface area contributed by atoms with Crippen LogP contribution < -0.4 is 5.32 Å². The largest absolute Gasteiger partial charge is 0.340 e. The average Bonchev–Trinajstić information content (AvgIpc) is 3.02. The average molecular weight is 378 g/mol. The molecule has 25 heavy (non-hydrogen) atoms. The molecule has 1 N–H and O–H groups in total. The Balaban J connectivity index is 1.74. The van der Waals surface area contributed by atoms with Gasteiger partial charge in [0.05, 0.1) is 16.3 Å². The highest BCUT2D eigenvalue weighted by Crippen LogP contribution is 2.27. The predicted molar refractivity (Wildman–Crippen MR) is 94.4 cm³/mol. The number of aromatic nitrogens is 2. The second-order valence-corrected chi connectivity index (χ2v) is 6.52. The summed E-state index contributed by atoms with van der Waals surface area (Å²) in [6.07, 6.45) is 0. The molecule has 3 aromatic rings. The number of carbonyl (C=O) groups is 1. The quantitative estimate of drug-likeness (QED) is 0.652. The lowest BCUT2D eigenvalue weighted by Crippen LogP contribution is -2.13. The smallest absolute Gasteiger partial charge is 0.256 e. The Morgan fingerprint density at radius 3 is 2.84 bits per heavy atom. The normalized spacial score (nSPS) is 10.7. The summed E-state index contributed by atoms with van der Waals surface area (Å²) in [7, 11) is 0. The number of nitrogens with one attached hydrogen (secondary N) is 1. The van der Waals surface area contributed by atoms with Gasteiger partial charge in [-0.05, 0) is 30.3 Å². The number of rotatable bonds is 5. The third kappa shape index (κ3) is 4.37. The van der Waals surface area contributed by atoms with Crippen molar-refractivity contribution in [2.75, 3.05) is 5.32 Å². The molecule has 0 fully saturated rings. The fourth-order valence-electron chi connectivity index (χ4n) is 2.09. The fraction of sp³-hybridized carbons (Fsp3) is 0.118. The van der Waals surface area contributed by atoms with Crippen molar-refractivity contribution in [3.63, 3.8) is 0 Å². The Bertz CT molecular complexity index is 916. The van der Waals surface area contributed by atoms with E-state index in [0.29, 0.717) is 28.7 Å². The minimum Gasteiger partial charge on any atom is -0.340 e. The molecular formula is C17H13ClFN3O2S. The molecule has 0 saturated carbocycles. The SMILES string of the molecule is Cc1nc(CSc2ccccc2C(=O)Nc2ccc(F)c(Cl)c2)no1. The lowest BCUT2D eigenvalue weighted by molar-refractivity contribution is 0.102. The van der Waals surface area contributed by atoms with E-state index >= 15 is 0 Å². The minimum absolute atomic E-state index is 0.0482. The highest BCUT2D eigenvalue weighted by Gasteiger charge is 2.13. The molecule has 0 unspecified atom stereocenters. The first-order valence-electron chi connectivity index (χ1n) is 7.30. The summed E-state index contributed by atoms with van der Waals surface area (Å²) in [6.45, 7) is 1.72. The van der Waals surface area contributed by atoms with Crippen molar-refractivity contribution >= 4 is 35.0 Å². The van der Waals surface area contributed by atoms with Gasteiger partial charge in [0.2, 0.25) is 5.89 Å². The number of benzene rings is 2. The van der Waals surface area contributed by atoms with Crippen LogP contribution in [0, 0.1) is 12.7 Å². The molecule has 0 radical (unpaired) electrons. The molecule has 0 aliphatic carbocycles. The van der Waals surface area contributed by atoms with Crippen LogP contribution in [0.3, 0.4) is 0 Å². The standard InChI is InChI=1S/C17H13ClFN3O2S/c1-10-20-16(22-24-10)9-25-15-5-3-2-4-12(15)17(23)21-11-6-7-14(19)13(18)8-11/h2-8H,9H2,1H3,(H,21,23). The van der Waals surface area contributed by atoms with E-state index in [1.54, 1.807) is 19.1 Å². The van der Waals surface area contributed by atoms with Crippen LogP contribution in [-0.2, 0) is 5.75 Å². The molecule has 0 aliphatic rings. The van der Waals surface area contributed by atoms with Crippen LogP contribution in [0.5, 0.6) is 0 Å². The first-order chi connectivity index (χ1) is 12.0. The van der Waals surface area contributed by atoms with E-state index in [4.69, 9.17) is 16.1 Å². The molecule has 1 amide bonds. The maximum Gasteiger partial charge on any atom is 0.256 e. The van der Waals surface area contributed by atoms with Gasteiger partial charge in [-0.1, -0.05) is 28.9 Å². The zero-order chi connectivity index (χ0) is 17.8. The molecule has 128 valence electrons. The molecule has 0 atom stereocenters. The number of nitrogens with zero attached hydrogens (tertiary/aromatic N) is 2. The van der Waals surface area contributed by atoms with E-state index in [1.807, 2.05) is 12.1 Å². The Hall–Kier alpha value is -2.38. The van der Waals surface area contributed by atoms with Gasteiger partial charge in [0, 0.05) is 17.5 Å². The van der Waals surface area contributed by atoms with Crippen molar-refractivity contribution in [3.05, 3.63) is 70.6 Å². The van der Waals surface area contributed by atoms with Gasteiger partial charge in [-0.25, -0.2) is 4.39 Å². The molecule has 8 heteroatoms. The van der Waals surface area contributed by atoms with Crippen LogP contribution in [0.1, 0.15) is 22.1 Å². The van der Waals surface area contributed by atoms with Crippen LogP contribution in [0.15, 0.2) is 51.9 Å². The van der Waals surface area contributed by atoms with Gasteiger partial charge >= 0.3 is 0 Å². The molecule has 0 aliphatic heterocycles. The van der Waals surface area contributed by atoms with Crippen molar-refractivity contribution < 1.29 is 13.7 Å². The van der Waals surface area contributed by atoms with Gasteiger partial charge in [0.15, 0.2) is 5.82 Å². The number of aryl methyl sites for hydroxylation is 1. The highest BCUT2D eigenvalue weighted by molar-refractivity contribution is 7.98. The molecule has 1 heterocycles. The zero-order valence-electron chi connectivity index (χ0n) is 13.1. The van der Waals surface area contributed by atoms with Crippen LogP contribution in [0.2, 0.25) is 5.02 Å². The number of carbonyl (C=O) groups excluding carboxylic acids is 1. The Morgan fingerprint density at radius 2 is 2.12 bits per heavy atom. The van der Waals surface area contributed by atoms with E-state index in [1.165, 1.54) is 30.0 Å². The van der Waals surface area contributed by atoms with Crippen LogP contribution in [0.25, 0.3) is 0 Å². The molecule has 1 aromatic heterocycles. The van der Waals surface area contributed by atoms with Crippen LogP contribution in [0.4, 0.5) is 10.1 Å². The fourth-order valence-corrected chi connectivity index (χ4v) is 3.17. The number of hydrogen-bond acceptors (Lipinski definition) is 5. The number of anilines is 1. The second-order valence-electron chi connectivity index (χ2n) is 5.10. The second kappa shape index (κ2) is 7.67. The van der Waals surface area contributed by atoms with Gasteiger partial charge in [0.1, 0.15) is 5.82 Å². The van der Waals surface area contributed by atoms with Crippen molar-refractivity contribution in [2.24, 2.45) is 0 Å². The first kappa shape index (κ1) is 17.4. The maximum absolute atomic E-state index is 13.2. The summed E-state index contributed by atoms with van der Waals surface area (Å²) in [5.74, 6) is 0.684. The van der Waals surface area contributed by atoms with E-state index in [2.05, 4.69) is 15.5 Å². The molecule has 5 nitrogen and oxygen atoms in total. The summed E-state index contributed by atoms with van der Waals surface area (Å²) in [5, 5.41) is 6.50. The predicted octanol–water partition coefficient (Wildman–Crippen LogP) is 4.72. The maximum atomic E-state index is 13.2. The number of amides is 1. The third-order valence-corrected chi connectivity index (χ3v) is 4.59. The van der Waals surface area contributed by atoms with E-state index in [0.717, 1.165) is 4.90 Å². The van der Waals surface area contributed by atoms with E-state index in [9.17, 15) is 9.18 Å². The van der Waals surface area contributed by atoms with Crippen LogP contribution >= 0.6 is 23.4 Å². The zero-order valence-corrected chi connectivity index (χ0v) is 14.7. The van der Waals surface area contributed by atoms with Gasteiger partial charge in [0.25, 0.3) is 5.91 Å². The summed E-state index contributed by atoms with van der Waals surface area (Å²) in [5.41, 5.74) is 0.915. The van der Waals surface area contributed by atoms with Gasteiger partial charge < -0.3 is 9.84 Å². The number of halogens is 2. The van der Waals surface area contributed by atoms with E-state index < -0.39 is 5.82 Å². The van der Waals surface area contributed by atoms with Gasteiger partial charge in [-0.15, -0.1) is 11.8 Å². The van der Waals surface area contributed by atoms with Crippen molar-refractivity contribution in [1.29, 1.82) is 0 Å². The van der Waals surface area contributed by atoms with Gasteiger partial charge in [-0.2, -0.15) is 4.98 Å². The molecule has 0 spiro atoms. The number of hydrogen-bond donors (Lipinski definition) is 1. The number of thioether (sulfide) groups is 1. The lowest BCUT2D eigenvalue weighted by atomic mass is 10.2. The summed E-state index contributed by atoms with van der Waals surface area (Å²) in [6, 6.07) is 11.2. The Morgan fingerprint density at radius 1 is 1.32 bits per heavy atom. The first-order valence-corrected chi connectivity index (χ1v) is 8.66. The van der Waals surface area contributed by atoms with Crippen LogP contribution in [-0.4, -0.2) is 16.0 Å². The van der Waals surface area contributed by atoms with Gasteiger partial charge in [-0.3, -0.25) is 4.79 Å². The Kier molecular flexibility index (Phi) is 5.35.